The number of hydrogen-bond donors (Lipinski definition) is 0. The Morgan fingerprint density at radius 1 is 1.06 bits per heavy atom. The molecule has 17 heavy (non-hydrogen) atoms. The van der Waals surface area contributed by atoms with E-state index >= 15 is 0 Å². The van der Waals surface area contributed by atoms with Crippen LogP contribution < -0.4 is 4.74 Å². The van der Waals surface area contributed by atoms with Crippen LogP contribution in [0, 0.1) is 3.57 Å². The molecule has 0 atom stereocenters. The quantitative estimate of drug-likeness (QED) is 0.507. The summed E-state index contributed by atoms with van der Waals surface area (Å²) in [6.07, 6.45) is 0. The van der Waals surface area contributed by atoms with E-state index in [-0.39, 0.29) is 0 Å². The molecule has 0 amide bonds. The highest BCUT2D eigenvalue weighted by molar-refractivity contribution is 14.1. The second-order valence-corrected chi connectivity index (χ2v) is 5.23. The standard InChI is InChI=1S/C13H9Cl2IO/c14-8-9-4-3-5-10(15)13(9)17-12-7-2-1-6-11(12)16/h1-7H,8H2. The van der Waals surface area contributed by atoms with E-state index in [1.54, 1.807) is 6.07 Å². The summed E-state index contributed by atoms with van der Waals surface area (Å²) in [4.78, 5) is 0. The van der Waals surface area contributed by atoms with Gasteiger partial charge in [-0.15, -0.1) is 11.6 Å². The molecule has 0 bridgehead atoms. The van der Waals surface area contributed by atoms with Gasteiger partial charge in [-0.2, -0.15) is 0 Å². The number of ether oxygens (including phenoxy) is 1. The van der Waals surface area contributed by atoms with Crippen LogP contribution >= 0.6 is 45.8 Å². The Kier molecular flexibility index (Phi) is 4.54. The third-order valence-electron chi connectivity index (χ3n) is 2.24. The topological polar surface area (TPSA) is 9.23 Å². The van der Waals surface area contributed by atoms with Crippen molar-refractivity contribution in [3.05, 3.63) is 56.6 Å². The largest absolute Gasteiger partial charge is 0.454 e. The summed E-state index contributed by atoms with van der Waals surface area (Å²) in [6, 6.07) is 13.3. The molecule has 2 aromatic carbocycles. The van der Waals surface area contributed by atoms with Gasteiger partial charge in [0.2, 0.25) is 0 Å². The van der Waals surface area contributed by atoms with Gasteiger partial charge in [0.15, 0.2) is 0 Å². The first kappa shape index (κ1) is 13.0. The smallest absolute Gasteiger partial charge is 0.150 e. The van der Waals surface area contributed by atoms with E-state index in [1.165, 1.54) is 0 Å². The lowest BCUT2D eigenvalue weighted by atomic mass is 10.2. The molecule has 2 rings (SSSR count). The molecule has 0 heterocycles. The summed E-state index contributed by atoms with van der Waals surface area (Å²) in [6.45, 7) is 0. The zero-order chi connectivity index (χ0) is 12.3. The number of alkyl halides is 1. The predicted octanol–water partition coefficient (Wildman–Crippen LogP) is 5.48. The fourth-order valence-electron chi connectivity index (χ4n) is 1.41. The molecule has 0 aromatic heterocycles. The third-order valence-corrected chi connectivity index (χ3v) is 3.72. The average Bonchev–Trinajstić information content (AvgIpc) is 2.34. The highest BCUT2D eigenvalue weighted by atomic mass is 127. The lowest BCUT2D eigenvalue weighted by molar-refractivity contribution is 0.475. The van der Waals surface area contributed by atoms with E-state index in [0.717, 1.165) is 14.9 Å². The van der Waals surface area contributed by atoms with Gasteiger partial charge >= 0.3 is 0 Å². The van der Waals surface area contributed by atoms with Gasteiger partial charge in [-0.3, -0.25) is 0 Å². The molecule has 1 nitrogen and oxygen atoms in total. The monoisotopic (exact) mass is 378 g/mol. The van der Waals surface area contributed by atoms with E-state index in [1.807, 2.05) is 36.4 Å². The molecule has 4 heteroatoms. The summed E-state index contributed by atoms with van der Waals surface area (Å²) < 4.78 is 6.87. The van der Waals surface area contributed by atoms with Crippen molar-refractivity contribution in [2.75, 3.05) is 0 Å². The molecule has 0 spiro atoms. The molecule has 0 aliphatic carbocycles. The second kappa shape index (κ2) is 5.94. The zero-order valence-corrected chi connectivity index (χ0v) is 12.5. The Morgan fingerprint density at radius 3 is 2.53 bits per heavy atom. The Morgan fingerprint density at radius 2 is 1.82 bits per heavy atom. The molecule has 0 aliphatic heterocycles. The minimum atomic E-state index is 0.374. The molecule has 0 saturated carbocycles. The molecule has 0 radical (unpaired) electrons. The van der Waals surface area contributed by atoms with E-state index < -0.39 is 0 Å². The molecular formula is C13H9Cl2IO. The van der Waals surface area contributed by atoms with Gasteiger partial charge in [-0.05, 0) is 40.8 Å². The van der Waals surface area contributed by atoms with Crippen molar-refractivity contribution in [1.29, 1.82) is 0 Å². The van der Waals surface area contributed by atoms with Crippen molar-refractivity contribution >= 4 is 45.8 Å². The van der Waals surface area contributed by atoms with Crippen molar-refractivity contribution < 1.29 is 4.74 Å². The van der Waals surface area contributed by atoms with Gasteiger partial charge in [0.05, 0.1) is 14.5 Å². The fraction of sp³-hybridized carbons (Fsp3) is 0.0769. The van der Waals surface area contributed by atoms with Gasteiger partial charge in [0, 0.05) is 5.56 Å². The lowest BCUT2D eigenvalue weighted by Gasteiger charge is -2.12. The van der Waals surface area contributed by atoms with Crippen LogP contribution in [0.5, 0.6) is 11.5 Å². The summed E-state index contributed by atoms with van der Waals surface area (Å²) in [5, 5.41) is 0.572. The minimum Gasteiger partial charge on any atom is -0.454 e. The maximum absolute atomic E-state index is 6.12. The summed E-state index contributed by atoms with van der Waals surface area (Å²) >= 11 is 14.2. The Balaban J connectivity index is 2.39. The lowest BCUT2D eigenvalue weighted by Crippen LogP contribution is -1.92. The average molecular weight is 379 g/mol. The van der Waals surface area contributed by atoms with Gasteiger partial charge < -0.3 is 4.74 Å². The molecule has 0 N–H and O–H groups in total. The summed E-state index contributed by atoms with van der Waals surface area (Å²) in [5.41, 5.74) is 0.888. The fourth-order valence-corrected chi connectivity index (χ4v) is 2.35. The maximum Gasteiger partial charge on any atom is 0.150 e. The van der Waals surface area contributed by atoms with Gasteiger partial charge in [-0.25, -0.2) is 0 Å². The highest BCUT2D eigenvalue weighted by Gasteiger charge is 2.10. The van der Waals surface area contributed by atoms with Crippen LogP contribution in [0.15, 0.2) is 42.5 Å². The predicted molar refractivity (Wildman–Crippen MR) is 80.2 cm³/mol. The first-order chi connectivity index (χ1) is 8.22. The van der Waals surface area contributed by atoms with Gasteiger partial charge in [0.25, 0.3) is 0 Å². The van der Waals surface area contributed by atoms with Crippen molar-refractivity contribution in [2.45, 2.75) is 5.88 Å². The van der Waals surface area contributed by atoms with Crippen molar-refractivity contribution in [3.8, 4) is 11.5 Å². The Bertz CT molecular complexity index is 529. The van der Waals surface area contributed by atoms with E-state index in [0.29, 0.717) is 16.7 Å². The van der Waals surface area contributed by atoms with Crippen LogP contribution in [-0.2, 0) is 5.88 Å². The summed E-state index contributed by atoms with van der Waals surface area (Å²) in [5.74, 6) is 1.79. The molecule has 0 unspecified atom stereocenters. The van der Waals surface area contributed by atoms with E-state index in [9.17, 15) is 0 Å². The second-order valence-electron chi connectivity index (χ2n) is 3.39. The van der Waals surface area contributed by atoms with Crippen LogP contribution in [-0.4, -0.2) is 0 Å². The number of para-hydroxylation sites is 2. The first-order valence-electron chi connectivity index (χ1n) is 4.98. The van der Waals surface area contributed by atoms with Crippen molar-refractivity contribution in [1.82, 2.24) is 0 Å². The number of halogens is 3. The Hall–Kier alpha value is -0.450. The highest BCUT2D eigenvalue weighted by Crippen LogP contribution is 2.35. The molecule has 0 aliphatic rings. The van der Waals surface area contributed by atoms with Crippen LogP contribution in [0.25, 0.3) is 0 Å². The molecule has 0 saturated heterocycles. The first-order valence-corrected chi connectivity index (χ1v) is 6.97. The number of hydrogen-bond acceptors (Lipinski definition) is 1. The Labute approximate surface area is 124 Å². The van der Waals surface area contributed by atoms with Crippen molar-refractivity contribution in [2.24, 2.45) is 0 Å². The molecular weight excluding hydrogens is 370 g/mol. The van der Waals surface area contributed by atoms with Crippen LogP contribution in [0.1, 0.15) is 5.56 Å². The third kappa shape index (κ3) is 3.06. The molecule has 88 valence electrons. The zero-order valence-electron chi connectivity index (χ0n) is 8.79. The van der Waals surface area contributed by atoms with Gasteiger partial charge in [-0.1, -0.05) is 35.9 Å². The van der Waals surface area contributed by atoms with Gasteiger partial charge in [0.1, 0.15) is 11.5 Å². The van der Waals surface area contributed by atoms with E-state index in [4.69, 9.17) is 27.9 Å². The summed E-state index contributed by atoms with van der Waals surface area (Å²) in [7, 11) is 0. The van der Waals surface area contributed by atoms with Crippen LogP contribution in [0.3, 0.4) is 0 Å². The SMILES string of the molecule is ClCc1cccc(Cl)c1Oc1ccccc1I. The molecule has 2 aromatic rings. The number of benzene rings is 2. The maximum atomic E-state index is 6.12. The van der Waals surface area contributed by atoms with E-state index in [2.05, 4.69) is 22.6 Å². The number of rotatable bonds is 3. The van der Waals surface area contributed by atoms with Crippen LogP contribution in [0.2, 0.25) is 5.02 Å². The minimum absolute atomic E-state index is 0.374. The van der Waals surface area contributed by atoms with Crippen LogP contribution in [0.4, 0.5) is 0 Å². The normalized spacial score (nSPS) is 10.3. The van der Waals surface area contributed by atoms with Crippen molar-refractivity contribution in [3.63, 3.8) is 0 Å². The molecule has 0 fully saturated rings.